The largest absolute Gasteiger partial charge is 0.502 e. The summed E-state index contributed by atoms with van der Waals surface area (Å²) in [5, 5.41) is 28.4. The quantitative estimate of drug-likeness (QED) is 0.294. The van der Waals surface area contributed by atoms with Crippen molar-refractivity contribution in [3.8, 4) is 23.0 Å². The van der Waals surface area contributed by atoms with Gasteiger partial charge in [0.25, 0.3) is 0 Å². The number of Topliss-reactive ketones (excluding diaryl/α,β-unsaturated/α-hetero) is 1. The third kappa shape index (κ3) is 4.34. The molecule has 0 aromatic heterocycles. The summed E-state index contributed by atoms with van der Waals surface area (Å²) in [7, 11) is 4.63. The molecule has 0 fully saturated rings. The SMILES string of the molecule is COc1cc(C2CC(=O)C3=C(C2)Nc2ccccc2NC3c2ccc(O)c([N+](=O)[O-])c2)cc(OC)c1OC. The van der Waals surface area contributed by atoms with Crippen molar-refractivity contribution in [2.24, 2.45) is 0 Å². The monoisotopic (exact) mass is 517 g/mol. The van der Waals surface area contributed by atoms with E-state index < -0.39 is 22.4 Å². The number of carbonyl (C=O) groups excluding carboxylic acids is 1. The molecule has 2 aliphatic rings. The first-order valence-electron chi connectivity index (χ1n) is 12.0. The summed E-state index contributed by atoms with van der Waals surface area (Å²) in [6.45, 7) is 0. The van der Waals surface area contributed by atoms with Crippen molar-refractivity contribution in [2.75, 3.05) is 32.0 Å². The zero-order chi connectivity index (χ0) is 27.0. The number of hydrogen-bond acceptors (Lipinski definition) is 9. The van der Waals surface area contributed by atoms with Gasteiger partial charge in [-0.05, 0) is 53.8 Å². The van der Waals surface area contributed by atoms with Crippen molar-refractivity contribution >= 4 is 22.8 Å². The van der Waals surface area contributed by atoms with E-state index in [0.29, 0.717) is 34.8 Å². The molecule has 0 bridgehead atoms. The van der Waals surface area contributed by atoms with Gasteiger partial charge in [0.2, 0.25) is 5.75 Å². The Morgan fingerprint density at radius 3 is 2.24 bits per heavy atom. The van der Waals surface area contributed by atoms with Crippen LogP contribution >= 0.6 is 0 Å². The van der Waals surface area contributed by atoms with Crippen LogP contribution in [-0.2, 0) is 4.79 Å². The van der Waals surface area contributed by atoms with Gasteiger partial charge in [-0.2, -0.15) is 0 Å². The Morgan fingerprint density at radius 2 is 1.61 bits per heavy atom. The van der Waals surface area contributed by atoms with Gasteiger partial charge in [-0.3, -0.25) is 14.9 Å². The summed E-state index contributed by atoms with van der Waals surface area (Å²) < 4.78 is 16.5. The minimum atomic E-state index is -0.658. The van der Waals surface area contributed by atoms with E-state index in [-0.39, 0.29) is 18.1 Å². The lowest BCUT2D eigenvalue weighted by Crippen LogP contribution is -2.27. The number of ketones is 1. The van der Waals surface area contributed by atoms with Crippen LogP contribution in [0.3, 0.4) is 0 Å². The number of benzene rings is 3. The van der Waals surface area contributed by atoms with Gasteiger partial charge < -0.3 is 30.0 Å². The second-order valence-corrected chi connectivity index (χ2v) is 9.13. The van der Waals surface area contributed by atoms with Crippen molar-refractivity contribution in [2.45, 2.75) is 24.8 Å². The molecule has 196 valence electrons. The van der Waals surface area contributed by atoms with E-state index in [0.717, 1.165) is 22.6 Å². The number of methoxy groups -OCH3 is 3. The Bertz CT molecular complexity index is 1440. The van der Waals surface area contributed by atoms with Crippen molar-refractivity contribution < 1.29 is 29.0 Å². The maximum atomic E-state index is 13.8. The van der Waals surface area contributed by atoms with Crippen LogP contribution in [0.2, 0.25) is 0 Å². The number of rotatable bonds is 6. The summed E-state index contributed by atoms with van der Waals surface area (Å²) in [5.74, 6) is 0.771. The Kier molecular flexibility index (Phi) is 6.54. The molecule has 5 rings (SSSR count). The fraction of sp³-hybridized carbons (Fsp3) is 0.250. The molecule has 0 saturated carbocycles. The van der Waals surface area contributed by atoms with E-state index in [1.165, 1.54) is 19.2 Å². The highest BCUT2D eigenvalue weighted by Crippen LogP contribution is 2.47. The topological polar surface area (TPSA) is 132 Å². The number of allylic oxidation sites excluding steroid dienone is 1. The van der Waals surface area contributed by atoms with E-state index in [9.17, 15) is 20.0 Å². The predicted molar refractivity (Wildman–Crippen MR) is 141 cm³/mol. The number of nitro benzene ring substituents is 1. The predicted octanol–water partition coefficient (Wildman–Crippen LogP) is 5.31. The lowest BCUT2D eigenvalue weighted by atomic mass is 9.78. The van der Waals surface area contributed by atoms with Crippen LogP contribution in [0.4, 0.5) is 17.1 Å². The van der Waals surface area contributed by atoms with Gasteiger partial charge >= 0.3 is 5.69 Å². The number of phenols is 1. The van der Waals surface area contributed by atoms with Crippen LogP contribution < -0.4 is 24.8 Å². The molecule has 1 aliphatic carbocycles. The number of aromatic hydroxyl groups is 1. The fourth-order valence-electron chi connectivity index (χ4n) is 5.18. The number of anilines is 2. The molecule has 38 heavy (non-hydrogen) atoms. The lowest BCUT2D eigenvalue weighted by molar-refractivity contribution is -0.385. The van der Waals surface area contributed by atoms with Gasteiger partial charge in [0, 0.05) is 23.8 Å². The van der Waals surface area contributed by atoms with Crippen molar-refractivity contribution in [3.63, 3.8) is 0 Å². The van der Waals surface area contributed by atoms with Gasteiger partial charge in [-0.25, -0.2) is 0 Å². The summed E-state index contributed by atoms with van der Waals surface area (Å²) in [4.78, 5) is 24.7. The van der Waals surface area contributed by atoms with E-state index in [4.69, 9.17) is 14.2 Å². The van der Waals surface area contributed by atoms with Crippen LogP contribution in [-0.4, -0.2) is 37.1 Å². The van der Waals surface area contributed by atoms with Gasteiger partial charge in [0.1, 0.15) is 0 Å². The molecule has 10 heteroatoms. The smallest absolute Gasteiger partial charge is 0.311 e. The Labute approximate surface area is 219 Å². The summed E-state index contributed by atoms with van der Waals surface area (Å²) >= 11 is 0. The molecular formula is C28H27N3O7. The average molecular weight is 518 g/mol. The van der Waals surface area contributed by atoms with Crippen LogP contribution in [0.1, 0.15) is 35.9 Å². The number of nitrogens with one attached hydrogen (secondary N) is 2. The number of hydrogen-bond donors (Lipinski definition) is 3. The Morgan fingerprint density at radius 1 is 0.921 bits per heavy atom. The zero-order valence-corrected chi connectivity index (χ0v) is 21.1. The highest BCUT2D eigenvalue weighted by molar-refractivity contribution is 6.01. The molecule has 3 aromatic carbocycles. The lowest BCUT2D eigenvalue weighted by Gasteiger charge is -2.30. The molecule has 0 amide bonds. The van der Waals surface area contributed by atoms with E-state index >= 15 is 0 Å². The molecule has 2 atom stereocenters. The summed E-state index contributed by atoms with van der Waals surface area (Å²) in [6, 6.07) is 14.8. The van der Waals surface area contributed by atoms with Crippen molar-refractivity contribution in [3.05, 3.63) is 87.1 Å². The molecule has 2 unspecified atom stereocenters. The molecule has 0 radical (unpaired) electrons. The standard InChI is InChI=1S/C28H27N3O7/c1-36-24-13-17(14-25(37-2)28(24)38-3)16-10-20-26(23(33)12-16)27(30-19-7-5-4-6-18(19)29-20)15-8-9-22(32)21(11-15)31(34)35/h4-9,11,13-14,16,27,29-30,32H,10,12H2,1-3H3. The Hall–Kier alpha value is -4.73. The van der Waals surface area contributed by atoms with E-state index in [1.54, 1.807) is 20.3 Å². The van der Waals surface area contributed by atoms with Gasteiger partial charge in [0.15, 0.2) is 23.0 Å². The third-order valence-corrected chi connectivity index (χ3v) is 7.00. The first-order valence-corrected chi connectivity index (χ1v) is 12.0. The molecule has 3 N–H and O–H groups in total. The highest BCUT2D eigenvalue weighted by atomic mass is 16.6. The second-order valence-electron chi connectivity index (χ2n) is 9.13. The average Bonchev–Trinajstić information content (AvgIpc) is 3.09. The molecule has 1 heterocycles. The number of fused-ring (bicyclic) bond motifs is 1. The first kappa shape index (κ1) is 24.9. The summed E-state index contributed by atoms with van der Waals surface area (Å²) in [6.07, 6.45) is 0.722. The van der Waals surface area contributed by atoms with Crippen molar-refractivity contribution in [1.29, 1.82) is 0 Å². The number of nitrogens with zero attached hydrogens (tertiary/aromatic N) is 1. The third-order valence-electron chi connectivity index (χ3n) is 7.00. The van der Waals surface area contributed by atoms with Crippen LogP contribution in [0.5, 0.6) is 23.0 Å². The molecule has 3 aromatic rings. The number of nitro groups is 1. The maximum absolute atomic E-state index is 13.8. The van der Waals surface area contributed by atoms with Crippen LogP contribution in [0.25, 0.3) is 0 Å². The minimum Gasteiger partial charge on any atom is -0.502 e. The number of ether oxygens (including phenoxy) is 3. The first-order chi connectivity index (χ1) is 18.3. The van der Waals surface area contributed by atoms with Crippen molar-refractivity contribution in [1.82, 2.24) is 0 Å². The fourth-order valence-corrected chi connectivity index (χ4v) is 5.18. The van der Waals surface area contributed by atoms with E-state index in [2.05, 4.69) is 10.6 Å². The second kappa shape index (κ2) is 9.97. The van der Waals surface area contributed by atoms with Gasteiger partial charge in [-0.15, -0.1) is 0 Å². The molecule has 1 aliphatic heterocycles. The molecule has 10 nitrogen and oxygen atoms in total. The van der Waals surface area contributed by atoms with Gasteiger partial charge in [-0.1, -0.05) is 18.2 Å². The molecule has 0 saturated heterocycles. The van der Waals surface area contributed by atoms with Crippen LogP contribution in [0, 0.1) is 10.1 Å². The number of para-hydroxylation sites is 2. The maximum Gasteiger partial charge on any atom is 0.311 e. The highest BCUT2D eigenvalue weighted by Gasteiger charge is 2.37. The molecular weight excluding hydrogens is 490 g/mol. The summed E-state index contributed by atoms with van der Waals surface area (Å²) in [5.41, 5.74) is 3.70. The van der Waals surface area contributed by atoms with Gasteiger partial charge in [0.05, 0.1) is 43.7 Å². The molecule has 0 spiro atoms. The number of phenolic OH excluding ortho intramolecular Hbond substituents is 1. The van der Waals surface area contributed by atoms with Crippen LogP contribution in [0.15, 0.2) is 65.9 Å². The number of carbonyl (C=O) groups is 1. The minimum absolute atomic E-state index is 0.0986. The Balaban J connectivity index is 1.62. The normalized spacial score (nSPS) is 18.3. The van der Waals surface area contributed by atoms with E-state index in [1.807, 2.05) is 36.4 Å². The zero-order valence-electron chi connectivity index (χ0n) is 21.1.